The molecule has 24 heavy (non-hydrogen) atoms. The van der Waals surface area contributed by atoms with Gasteiger partial charge in [0, 0.05) is 19.3 Å². The molecule has 1 heterocycles. The van der Waals surface area contributed by atoms with Crippen molar-refractivity contribution in [3.8, 4) is 0 Å². The van der Waals surface area contributed by atoms with Gasteiger partial charge < -0.3 is 5.32 Å². The molecule has 0 saturated carbocycles. The van der Waals surface area contributed by atoms with Crippen LogP contribution >= 0.6 is 12.4 Å². The summed E-state index contributed by atoms with van der Waals surface area (Å²) in [6.07, 6.45) is 2.89. The van der Waals surface area contributed by atoms with E-state index in [1.165, 1.54) is 16.4 Å². The summed E-state index contributed by atoms with van der Waals surface area (Å²) in [5.41, 5.74) is 0.563. The van der Waals surface area contributed by atoms with Gasteiger partial charge in [-0.3, -0.25) is 0 Å². The molecule has 1 saturated heterocycles. The first-order valence-electron chi connectivity index (χ1n) is 7.61. The average Bonchev–Trinajstić information content (AvgIpc) is 2.47. The Balaban J connectivity index is 0.00000288. The number of nitrogens with zero attached hydrogens (tertiary/aromatic N) is 1. The third-order valence-electron chi connectivity index (χ3n) is 4.18. The molecular formula is C15H25ClN2O4S2. The zero-order valence-electron chi connectivity index (χ0n) is 14.1. The predicted molar refractivity (Wildman–Crippen MR) is 96.9 cm³/mol. The molecule has 6 nitrogen and oxygen atoms in total. The first kappa shape index (κ1) is 21.4. The van der Waals surface area contributed by atoms with Crippen LogP contribution < -0.4 is 5.32 Å². The first-order chi connectivity index (χ1) is 10.7. The lowest BCUT2D eigenvalue weighted by atomic mass is 10.00. The fraction of sp³-hybridized carbons (Fsp3) is 0.600. The standard InChI is InChI=1S/C15H24N2O4S2.ClH/c1-12-6-7-14(22(3,18)19)9-15(12)23(20,21)17-8-4-5-13(11-17)10-16-2;/h6-7,9,13,16H,4-5,8,10-11H2,1-3H3;1H. The number of rotatable bonds is 5. The van der Waals surface area contributed by atoms with E-state index in [-0.39, 0.29) is 28.1 Å². The van der Waals surface area contributed by atoms with Crippen molar-refractivity contribution >= 4 is 32.3 Å². The van der Waals surface area contributed by atoms with E-state index in [2.05, 4.69) is 5.32 Å². The number of benzene rings is 1. The Labute approximate surface area is 151 Å². The van der Waals surface area contributed by atoms with E-state index < -0.39 is 19.9 Å². The fourth-order valence-corrected chi connectivity index (χ4v) is 5.46. The normalized spacial score (nSPS) is 19.7. The SMILES string of the molecule is CNCC1CCCN(S(=O)(=O)c2cc(S(C)(=O)=O)ccc2C)C1.Cl. The zero-order valence-corrected chi connectivity index (χ0v) is 16.6. The summed E-state index contributed by atoms with van der Waals surface area (Å²) in [6, 6.07) is 4.28. The summed E-state index contributed by atoms with van der Waals surface area (Å²) in [5, 5.41) is 3.09. The number of nitrogens with one attached hydrogen (secondary N) is 1. The molecule has 0 aliphatic carbocycles. The highest BCUT2D eigenvalue weighted by Crippen LogP contribution is 2.27. The molecule has 1 fully saturated rings. The van der Waals surface area contributed by atoms with Gasteiger partial charge in [0.25, 0.3) is 0 Å². The Bertz CT molecular complexity index is 777. The number of hydrogen-bond acceptors (Lipinski definition) is 5. The summed E-state index contributed by atoms with van der Waals surface area (Å²) < 4.78 is 50.8. The van der Waals surface area contributed by atoms with Crippen LogP contribution in [0.1, 0.15) is 18.4 Å². The topological polar surface area (TPSA) is 83.6 Å². The Hall–Kier alpha value is -0.670. The molecule has 1 aromatic carbocycles. The minimum absolute atomic E-state index is 0. The van der Waals surface area contributed by atoms with Gasteiger partial charge >= 0.3 is 0 Å². The van der Waals surface area contributed by atoms with Crippen molar-refractivity contribution in [3.05, 3.63) is 23.8 Å². The smallest absolute Gasteiger partial charge is 0.243 e. The zero-order chi connectivity index (χ0) is 17.3. The van der Waals surface area contributed by atoms with E-state index in [4.69, 9.17) is 0 Å². The van der Waals surface area contributed by atoms with Gasteiger partial charge in [0.15, 0.2) is 9.84 Å². The van der Waals surface area contributed by atoms with Crippen LogP contribution in [0.4, 0.5) is 0 Å². The summed E-state index contributed by atoms with van der Waals surface area (Å²) in [4.78, 5) is 0.121. The monoisotopic (exact) mass is 396 g/mol. The number of sulfonamides is 1. The van der Waals surface area contributed by atoms with Crippen LogP contribution in [0.5, 0.6) is 0 Å². The first-order valence-corrected chi connectivity index (χ1v) is 10.9. The van der Waals surface area contributed by atoms with Crippen LogP contribution in [0.15, 0.2) is 28.0 Å². The van der Waals surface area contributed by atoms with Crippen molar-refractivity contribution in [3.63, 3.8) is 0 Å². The molecule has 1 unspecified atom stereocenters. The number of sulfone groups is 1. The molecule has 1 N–H and O–H groups in total. The molecule has 0 amide bonds. The van der Waals surface area contributed by atoms with E-state index in [9.17, 15) is 16.8 Å². The van der Waals surface area contributed by atoms with Gasteiger partial charge in [-0.25, -0.2) is 16.8 Å². The van der Waals surface area contributed by atoms with Crippen LogP contribution in [-0.4, -0.2) is 54.1 Å². The Morgan fingerprint density at radius 2 is 1.92 bits per heavy atom. The molecule has 1 aromatic rings. The summed E-state index contributed by atoms with van der Waals surface area (Å²) >= 11 is 0. The molecule has 138 valence electrons. The van der Waals surface area contributed by atoms with Crippen molar-refractivity contribution in [1.29, 1.82) is 0 Å². The molecule has 9 heteroatoms. The van der Waals surface area contributed by atoms with E-state index in [0.29, 0.717) is 18.7 Å². The maximum Gasteiger partial charge on any atom is 0.243 e. The van der Waals surface area contributed by atoms with E-state index in [1.54, 1.807) is 13.0 Å². The number of halogens is 1. The van der Waals surface area contributed by atoms with Crippen molar-refractivity contribution in [2.45, 2.75) is 29.6 Å². The van der Waals surface area contributed by atoms with Crippen LogP contribution in [0.2, 0.25) is 0 Å². The molecule has 1 atom stereocenters. The van der Waals surface area contributed by atoms with Gasteiger partial charge in [-0.05, 0) is 57.0 Å². The Kier molecular flexibility index (Phi) is 7.25. The predicted octanol–water partition coefficient (Wildman–Crippen LogP) is 1.44. The molecule has 2 rings (SSSR count). The average molecular weight is 397 g/mol. The second-order valence-electron chi connectivity index (χ2n) is 6.13. The number of aryl methyl sites for hydroxylation is 1. The second-order valence-corrected chi connectivity index (χ2v) is 10.1. The summed E-state index contributed by atoms with van der Waals surface area (Å²) in [5.74, 6) is 0.280. The maximum atomic E-state index is 12.9. The number of piperidine rings is 1. The van der Waals surface area contributed by atoms with E-state index in [1.807, 2.05) is 7.05 Å². The molecule has 0 bridgehead atoms. The lowest BCUT2D eigenvalue weighted by molar-refractivity contribution is 0.263. The number of hydrogen-bond donors (Lipinski definition) is 1. The Morgan fingerprint density at radius 3 is 2.50 bits per heavy atom. The van der Waals surface area contributed by atoms with Crippen molar-refractivity contribution in [2.24, 2.45) is 5.92 Å². The molecule has 1 aliphatic rings. The van der Waals surface area contributed by atoms with E-state index >= 15 is 0 Å². The summed E-state index contributed by atoms with van der Waals surface area (Å²) in [6.45, 7) is 3.40. The molecule has 0 aromatic heterocycles. The summed E-state index contributed by atoms with van der Waals surface area (Å²) in [7, 11) is -5.28. The molecule has 1 aliphatic heterocycles. The van der Waals surface area contributed by atoms with Crippen molar-refractivity contribution in [2.75, 3.05) is 32.9 Å². The lowest BCUT2D eigenvalue weighted by Gasteiger charge is -2.32. The van der Waals surface area contributed by atoms with Crippen LogP contribution in [0.3, 0.4) is 0 Å². The van der Waals surface area contributed by atoms with Crippen molar-refractivity contribution < 1.29 is 16.8 Å². The minimum Gasteiger partial charge on any atom is -0.319 e. The van der Waals surface area contributed by atoms with Gasteiger partial charge in [-0.1, -0.05) is 6.07 Å². The third kappa shape index (κ3) is 4.70. The Morgan fingerprint density at radius 1 is 1.25 bits per heavy atom. The third-order valence-corrected chi connectivity index (χ3v) is 7.30. The van der Waals surface area contributed by atoms with Crippen molar-refractivity contribution in [1.82, 2.24) is 9.62 Å². The largest absolute Gasteiger partial charge is 0.319 e. The van der Waals surface area contributed by atoms with Gasteiger partial charge in [-0.15, -0.1) is 12.4 Å². The maximum absolute atomic E-state index is 12.9. The minimum atomic E-state index is -3.69. The van der Waals surface area contributed by atoms with Crippen LogP contribution in [0.25, 0.3) is 0 Å². The highest BCUT2D eigenvalue weighted by Gasteiger charge is 2.31. The molecule has 0 spiro atoms. The molecule has 0 radical (unpaired) electrons. The quantitative estimate of drug-likeness (QED) is 0.814. The van der Waals surface area contributed by atoms with Gasteiger partial charge in [-0.2, -0.15) is 4.31 Å². The van der Waals surface area contributed by atoms with E-state index in [0.717, 1.165) is 25.6 Å². The van der Waals surface area contributed by atoms with Gasteiger partial charge in [0.05, 0.1) is 9.79 Å². The highest BCUT2D eigenvalue weighted by molar-refractivity contribution is 7.91. The van der Waals surface area contributed by atoms with Gasteiger partial charge in [0.1, 0.15) is 0 Å². The molecular weight excluding hydrogens is 372 g/mol. The van der Waals surface area contributed by atoms with Crippen LogP contribution in [-0.2, 0) is 19.9 Å². The second kappa shape index (κ2) is 8.14. The van der Waals surface area contributed by atoms with Crippen LogP contribution in [0, 0.1) is 12.8 Å². The lowest BCUT2D eigenvalue weighted by Crippen LogP contribution is -2.42. The highest BCUT2D eigenvalue weighted by atomic mass is 35.5. The van der Waals surface area contributed by atoms with Gasteiger partial charge in [0.2, 0.25) is 10.0 Å². The fourth-order valence-electron chi connectivity index (χ4n) is 2.93.